The number of aliphatic hydroxyl groups is 4. The minimum atomic E-state index is -4.46. The molecule has 0 amide bonds. The van der Waals surface area contributed by atoms with Crippen molar-refractivity contribution < 1.29 is 47.6 Å². The predicted octanol–water partition coefficient (Wildman–Crippen LogP) is -3.29. The normalized spacial score (nSPS) is 35.6. The van der Waals surface area contributed by atoms with Crippen LogP contribution in [-0.2, 0) is 24.3 Å². The summed E-state index contributed by atoms with van der Waals surface area (Å²) in [6.45, 7) is -0.348. The Hall–Kier alpha value is -0.370. The molecule has 11 heteroatoms. The van der Waals surface area contributed by atoms with Crippen LogP contribution in [0.3, 0.4) is 0 Å². The average Bonchev–Trinajstić information content (AvgIpc) is 2.37. The molecule has 0 aromatic carbocycles. The summed E-state index contributed by atoms with van der Waals surface area (Å²) in [5.41, 5.74) is 0. The van der Waals surface area contributed by atoms with Crippen molar-refractivity contribution in [3.8, 4) is 0 Å². The van der Waals surface area contributed by atoms with Crippen molar-refractivity contribution >= 4 is 10.1 Å². The highest BCUT2D eigenvalue weighted by atomic mass is 32.2. The summed E-state index contributed by atoms with van der Waals surface area (Å²) in [7, 11) is -3.11. The van der Waals surface area contributed by atoms with E-state index in [9.17, 15) is 28.8 Å². The van der Waals surface area contributed by atoms with Gasteiger partial charge in [-0.3, -0.25) is 4.55 Å². The zero-order valence-corrected chi connectivity index (χ0v) is 12.1. The lowest BCUT2D eigenvalue weighted by molar-refractivity contribution is -0.296. The molecule has 4 unspecified atom stereocenters. The van der Waals surface area contributed by atoms with E-state index < -0.39 is 52.7 Å². The lowest BCUT2D eigenvalue weighted by Crippen LogP contribution is -2.60. The second kappa shape index (κ2) is 7.76. The van der Waals surface area contributed by atoms with E-state index in [4.69, 9.17) is 14.0 Å². The van der Waals surface area contributed by atoms with Crippen molar-refractivity contribution in [2.24, 2.45) is 0 Å². The van der Waals surface area contributed by atoms with Crippen LogP contribution in [-0.4, -0.2) is 96.3 Å². The van der Waals surface area contributed by atoms with E-state index in [0.29, 0.717) is 0 Å². The first-order valence-electron chi connectivity index (χ1n) is 6.09. The molecule has 1 saturated heterocycles. The minimum Gasteiger partial charge on any atom is -0.388 e. The van der Waals surface area contributed by atoms with E-state index in [2.05, 4.69) is 4.74 Å². The van der Waals surface area contributed by atoms with Gasteiger partial charge in [0.05, 0.1) is 13.2 Å². The lowest BCUT2D eigenvalue weighted by atomic mass is 10.00. The molecule has 1 rings (SSSR count). The highest BCUT2D eigenvalue weighted by molar-refractivity contribution is 7.85. The summed E-state index contributed by atoms with van der Waals surface area (Å²) < 4.78 is 45.1. The molecule has 6 atom stereocenters. The summed E-state index contributed by atoms with van der Waals surface area (Å²) in [6.07, 6.45) is -9.06. The third kappa shape index (κ3) is 5.73. The van der Waals surface area contributed by atoms with Crippen molar-refractivity contribution in [1.82, 2.24) is 0 Å². The van der Waals surface area contributed by atoms with Gasteiger partial charge in [-0.05, 0) is 0 Å². The highest BCUT2D eigenvalue weighted by Crippen LogP contribution is 2.23. The highest BCUT2D eigenvalue weighted by Gasteiger charge is 2.45. The molecule has 0 radical (unpaired) electrons. The van der Waals surface area contributed by atoms with Crippen LogP contribution >= 0.6 is 0 Å². The molecule has 0 bridgehead atoms. The maximum absolute atomic E-state index is 10.8. The van der Waals surface area contributed by atoms with Crippen molar-refractivity contribution in [2.45, 2.75) is 36.8 Å². The number of rotatable bonds is 7. The van der Waals surface area contributed by atoms with E-state index in [-0.39, 0.29) is 13.2 Å². The van der Waals surface area contributed by atoms with Crippen LogP contribution in [0, 0.1) is 0 Å². The summed E-state index contributed by atoms with van der Waals surface area (Å²) >= 11 is 0. The fourth-order valence-corrected chi connectivity index (χ4v) is 2.54. The molecule has 10 nitrogen and oxygen atoms in total. The Morgan fingerprint density at radius 3 is 2.29 bits per heavy atom. The van der Waals surface area contributed by atoms with Gasteiger partial charge in [0.15, 0.2) is 6.29 Å². The molecule has 1 aliphatic heterocycles. The number of ether oxygens (including phenoxy) is 3. The van der Waals surface area contributed by atoms with Crippen LogP contribution in [0.4, 0.5) is 0 Å². The zero-order valence-electron chi connectivity index (χ0n) is 11.3. The van der Waals surface area contributed by atoms with Gasteiger partial charge >= 0.3 is 0 Å². The van der Waals surface area contributed by atoms with Gasteiger partial charge in [-0.25, -0.2) is 0 Å². The Morgan fingerprint density at radius 2 is 1.76 bits per heavy atom. The molecule has 1 heterocycles. The summed E-state index contributed by atoms with van der Waals surface area (Å²) in [6, 6.07) is 0. The second-order valence-corrected chi connectivity index (χ2v) is 6.20. The van der Waals surface area contributed by atoms with Gasteiger partial charge in [-0.15, -0.1) is 0 Å². The lowest BCUT2D eigenvalue weighted by Gasteiger charge is -2.40. The zero-order chi connectivity index (χ0) is 16.2. The van der Waals surface area contributed by atoms with Gasteiger partial charge < -0.3 is 34.6 Å². The number of hydrogen-bond acceptors (Lipinski definition) is 9. The first kappa shape index (κ1) is 18.7. The number of aliphatic hydroxyl groups excluding tert-OH is 4. The third-order valence-corrected chi connectivity index (χ3v) is 3.61. The SMILES string of the molecule is COCC(O)CO[C@@H]1OC(CS(=O)(=O)O)[C@H](O)C(O)C1O. The summed E-state index contributed by atoms with van der Waals surface area (Å²) in [4.78, 5) is 0. The van der Waals surface area contributed by atoms with Crippen molar-refractivity contribution in [2.75, 3.05) is 26.1 Å². The fraction of sp³-hybridized carbons (Fsp3) is 1.00. The van der Waals surface area contributed by atoms with E-state index >= 15 is 0 Å². The largest absolute Gasteiger partial charge is 0.388 e. The fourth-order valence-electron chi connectivity index (χ4n) is 1.85. The monoisotopic (exact) mass is 332 g/mol. The van der Waals surface area contributed by atoms with E-state index in [1.165, 1.54) is 7.11 Å². The number of hydrogen-bond donors (Lipinski definition) is 5. The van der Waals surface area contributed by atoms with Gasteiger partial charge in [0, 0.05) is 7.11 Å². The van der Waals surface area contributed by atoms with Gasteiger partial charge in [-0.2, -0.15) is 8.42 Å². The molecule has 0 spiro atoms. The molecule has 5 N–H and O–H groups in total. The van der Waals surface area contributed by atoms with Crippen molar-refractivity contribution in [3.63, 3.8) is 0 Å². The van der Waals surface area contributed by atoms with Crippen LogP contribution in [0.2, 0.25) is 0 Å². The third-order valence-electron chi connectivity index (χ3n) is 2.86. The van der Waals surface area contributed by atoms with Crippen molar-refractivity contribution in [1.29, 1.82) is 0 Å². The molecule has 126 valence electrons. The molecular formula is C10H20O10S. The number of methoxy groups -OCH3 is 1. The summed E-state index contributed by atoms with van der Waals surface area (Å²) in [5, 5.41) is 38.3. The van der Waals surface area contributed by atoms with Crippen LogP contribution in [0.25, 0.3) is 0 Å². The summed E-state index contributed by atoms with van der Waals surface area (Å²) in [5.74, 6) is -0.974. The van der Waals surface area contributed by atoms with Gasteiger partial charge in [0.2, 0.25) is 0 Å². The first-order valence-corrected chi connectivity index (χ1v) is 7.70. The van der Waals surface area contributed by atoms with E-state index in [0.717, 1.165) is 0 Å². The molecule has 1 aliphatic rings. The predicted molar refractivity (Wildman–Crippen MR) is 66.9 cm³/mol. The maximum Gasteiger partial charge on any atom is 0.267 e. The van der Waals surface area contributed by atoms with E-state index in [1.807, 2.05) is 0 Å². The Labute approximate surface area is 121 Å². The molecule has 0 aromatic rings. The quantitative estimate of drug-likeness (QED) is 0.298. The van der Waals surface area contributed by atoms with Crippen LogP contribution < -0.4 is 0 Å². The van der Waals surface area contributed by atoms with Crippen LogP contribution in [0.1, 0.15) is 0 Å². The Balaban J connectivity index is 2.66. The Morgan fingerprint density at radius 1 is 1.14 bits per heavy atom. The van der Waals surface area contributed by atoms with Gasteiger partial charge in [0.25, 0.3) is 10.1 Å². The van der Waals surface area contributed by atoms with Gasteiger partial charge in [-0.1, -0.05) is 0 Å². The van der Waals surface area contributed by atoms with E-state index in [1.54, 1.807) is 0 Å². The minimum absolute atomic E-state index is 0.0392. The van der Waals surface area contributed by atoms with Crippen LogP contribution in [0.5, 0.6) is 0 Å². The van der Waals surface area contributed by atoms with Crippen LogP contribution in [0.15, 0.2) is 0 Å². The topological polar surface area (TPSA) is 163 Å². The maximum atomic E-state index is 10.8. The molecule has 1 fully saturated rings. The average molecular weight is 332 g/mol. The smallest absolute Gasteiger partial charge is 0.267 e. The second-order valence-electron chi connectivity index (χ2n) is 4.71. The first-order chi connectivity index (χ1) is 9.65. The molecule has 0 aliphatic carbocycles. The molecular weight excluding hydrogens is 312 g/mol. The Kier molecular flexibility index (Phi) is 6.90. The molecule has 21 heavy (non-hydrogen) atoms. The van der Waals surface area contributed by atoms with Crippen molar-refractivity contribution in [3.05, 3.63) is 0 Å². The molecule has 0 saturated carbocycles. The Bertz CT molecular complexity index is 412. The van der Waals surface area contributed by atoms with Gasteiger partial charge in [0.1, 0.15) is 36.3 Å². The standard InChI is InChI=1S/C10H20O10S/c1-18-2-5(11)3-19-10-9(14)8(13)7(12)6(20-10)4-21(15,16)17/h5-14H,2-4H2,1H3,(H,15,16,17)/t5?,6?,7-,8?,9?,10+/m0/s1. The molecule has 0 aromatic heterocycles.